The van der Waals surface area contributed by atoms with Gasteiger partial charge in [0.15, 0.2) is 0 Å². The van der Waals surface area contributed by atoms with Gasteiger partial charge in [0.25, 0.3) is 0 Å². The van der Waals surface area contributed by atoms with E-state index in [4.69, 9.17) is 5.73 Å². The molecule has 1 heterocycles. The SMILES string of the molecule is CC(C)(C)N1CCN(C(=O)C2CCCC(CCN)C2)CC1. The minimum absolute atomic E-state index is 0.214. The lowest BCUT2D eigenvalue weighted by Crippen LogP contribution is -2.55. The molecule has 2 atom stereocenters. The van der Waals surface area contributed by atoms with Crippen molar-refractivity contribution in [2.45, 2.75) is 58.4 Å². The van der Waals surface area contributed by atoms with Gasteiger partial charge in [-0.1, -0.05) is 12.8 Å². The predicted octanol–water partition coefficient (Wildman–Crippen LogP) is 2.08. The Labute approximate surface area is 130 Å². The molecule has 2 rings (SSSR count). The topological polar surface area (TPSA) is 49.6 Å². The first-order chi connectivity index (χ1) is 9.91. The van der Waals surface area contributed by atoms with E-state index in [1.54, 1.807) is 0 Å². The molecule has 0 bridgehead atoms. The van der Waals surface area contributed by atoms with Crippen LogP contribution >= 0.6 is 0 Å². The molecule has 0 aromatic carbocycles. The zero-order valence-electron chi connectivity index (χ0n) is 14.1. The predicted molar refractivity (Wildman–Crippen MR) is 87.0 cm³/mol. The third kappa shape index (κ3) is 4.43. The molecule has 0 aromatic rings. The van der Waals surface area contributed by atoms with Crippen molar-refractivity contribution in [2.24, 2.45) is 17.6 Å². The van der Waals surface area contributed by atoms with E-state index >= 15 is 0 Å². The lowest BCUT2D eigenvalue weighted by atomic mass is 9.79. The molecule has 1 aliphatic heterocycles. The van der Waals surface area contributed by atoms with Gasteiger partial charge >= 0.3 is 0 Å². The van der Waals surface area contributed by atoms with Gasteiger partial charge in [-0.2, -0.15) is 0 Å². The molecule has 0 aromatic heterocycles. The van der Waals surface area contributed by atoms with Gasteiger partial charge in [0, 0.05) is 37.6 Å². The third-order valence-electron chi connectivity index (χ3n) is 5.25. The second kappa shape index (κ2) is 7.10. The number of hydrogen-bond donors (Lipinski definition) is 1. The van der Waals surface area contributed by atoms with Crippen LogP contribution in [0.3, 0.4) is 0 Å². The summed E-state index contributed by atoms with van der Waals surface area (Å²) in [5, 5.41) is 0. The number of nitrogens with zero attached hydrogens (tertiary/aromatic N) is 2. The standard InChI is InChI=1S/C17H33N3O/c1-17(2,3)20-11-9-19(10-12-20)16(21)15-6-4-5-14(13-15)7-8-18/h14-15H,4-13,18H2,1-3H3. The van der Waals surface area contributed by atoms with Gasteiger partial charge in [-0.3, -0.25) is 9.69 Å². The molecule has 4 heteroatoms. The lowest BCUT2D eigenvalue weighted by Gasteiger charge is -2.43. The van der Waals surface area contributed by atoms with Crippen molar-refractivity contribution in [3.8, 4) is 0 Å². The molecular formula is C17H33N3O. The number of hydrogen-bond acceptors (Lipinski definition) is 3. The van der Waals surface area contributed by atoms with E-state index in [0.717, 1.165) is 52.0 Å². The molecule has 4 nitrogen and oxygen atoms in total. The van der Waals surface area contributed by atoms with Gasteiger partial charge in [0.05, 0.1) is 0 Å². The average Bonchev–Trinajstić information content (AvgIpc) is 2.46. The highest BCUT2D eigenvalue weighted by Gasteiger charge is 2.33. The van der Waals surface area contributed by atoms with E-state index in [2.05, 4.69) is 30.6 Å². The van der Waals surface area contributed by atoms with Gasteiger partial charge in [0.1, 0.15) is 0 Å². The van der Waals surface area contributed by atoms with E-state index in [1.165, 1.54) is 12.8 Å². The first kappa shape index (κ1) is 16.8. The van der Waals surface area contributed by atoms with Crippen LogP contribution < -0.4 is 5.73 Å². The van der Waals surface area contributed by atoms with Crippen LogP contribution in [0.5, 0.6) is 0 Å². The molecule has 1 saturated carbocycles. The Morgan fingerprint density at radius 3 is 2.38 bits per heavy atom. The first-order valence-electron chi connectivity index (χ1n) is 8.65. The quantitative estimate of drug-likeness (QED) is 0.867. The summed E-state index contributed by atoms with van der Waals surface area (Å²) in [6.45, 7) is 11.3. The highest BCUT2D eigenvalue weighted by molar-refractivity contribution is 5.79. The Kier molecular flexibility index (Phi) is 5.67. The number of carbonyl (C=O) groups excluding carboxylic acids is 1. The monoisotopic (exact) mass is 295 g/mol. The maximum Gasteiger partial charge on any atom is 0.225 e. The minimum atomic E-state index is 0.214. The smallest absolute Gasteiger partial charge is 0.225 e. The zero-order valence-corrected chi connectivity index (χ0v) is 14.1. The van der Waals surface area contributed by atoms with E-state index < -0.39 is 0 Å². The van der Waals surface area contributed by atoms with Crippen molar-refractivity contribution < 1.29 is 4.79 Å². The van der Waals surface area contributed by atoms with E-state index in [-0.39, 0.29) is 11.5 Å². The van der Waals surface area contributed by atoms with Gasteiger partial charge < -0.3 is 10.6 Å². The fourth-order valence-corrected chi connectivity index (χ4v) is 3.87. The Morgan fingerprint density at radius 2 is 1.81 bits per heavy atom. The van der Waals surface area contributed by atoms with E-state index in [0.29, 0.717) is 11.8 Å². The molecule has 1 saturated heterocycles. The molecule has 21 heavy (non-hydrogen) atoms. The maximum absolute atomic E-state index is 12.7. The maximum atomic E-state index is 12.7. The average molecular weight is 295 g/mol. The minimum Gasteiger partial charge on any atom is -0.340 e. The summed E-state index contributed by atoms with van der Waals surface area (Å²) in [5.74, 6) is 1.34. The van der Waals surface area contributed by atoms with Crippen LogP contribution in [-0.2, 0) is 4.79 Å². The van der Waals surface area contributed by atoms with Crippen molar-refractivity contribution in [2.75, 3.05) is 32.7 Å². The molecule has 2 fully saturated rings. The summed E-state index contributed by atoms with van der Waals surface area (Å²) < 4.78 is 0. The van der Waals surface area contributed by atoms with Crippen molar-refractivity contribution in [3.63, 3.8) is 0 Å². The van der Waals surface area contributed by atoms with Gasteiger partial charge in [-0.05, 0) is 52.5 Å². The molecule has 1 aliphatic carbocycles. The summed E-state index contributed by atoms with van der Waals surface area (Å²) in [6, 6.07) is 0. The van der Waals surface area contributed by atoms with E-state index in [1.807, 2.05) is 0 Å². The van der Waals surface area contributed by atoms with Crippen molar-refractivity contribution in [1.82, 2.24) is 9.80 Å². The second-order valence-corrected chi connectivity index (χ2v) is 7.79. The van der Waals surface area contributed by atoms with Crippen LogP contribution in [0, 0.1) is 11.8 Å². The molecular weight excluding hydrogens is 262 g/mol. The van der Waals surface area contributed by atoms with Gasteiger partial charge in [-0.25, -0.2) is 0 Å². The number of carbonyl (C=O) groups is 1. The molecule has 2 N–H and O–H groups in total. The summed E-state index contributed by atoms with van der Waals surface area (Å²) >= 11 is 0. The lowest BCUT2D eigenvalue weighted by molar-refractivity contribution is -0.139. The van der Waals surface area contributed by atoms with Crippen molar-refractivity contribution >= 4 is 5.91 Å². The summed E-state index contributed by atoms with van der Waals surface area (Å²) in [5.41, 5.74) is 5.89. The molecule has 2 unspecified atom stereocenters. The van der Waals surface area contributed by atoms with Crippen molar-refractivity contribution in [1.29, 1.82) is 0 Å². The van der Waals surface area contributed by atoms with Gasteiger partial charge in [-0.15, -0.1) is 0 Å². The highest BCUT2D eigenvalue weighted by atomic mass is 16.2. The molecule has 0 spiro atoms. The summed E-state index contributed by atoms with van der Waals surface area (Å²) in [7, 11) is 0. The normalized spacial score (nSPS) is 28.7. The number of piperazine rings is 1. The summed E-state index contributed by atoms with van der Waals surface area (Å²) in [4.78, 5) is 17.3. The van der Waals surface area contributed by atoms with Crippen LogP contribution in [0.2, 0.25) is 0 Å². The Morgan fingerprint density at radius 1 is 1.14 bits per heavy atom. The largest absolute Gasteiger partial charge is 0.340 e. The molecule has 2 aliphatic rings. The molecule has 0 radical (unpaired) electrons. The molecule has 1 amide bonds. The number of nitrogens with two attached hydrogens (primary N) is 1. The Balaban J connectivity index is 1.84. The fraction of sp³-hybridized carbons (Fsp3) is 0.941. The van der Waals surface area contributed by atoms with Crippen LogP contribution in [0.25, 0.3) is 0 Å². The van der Waals surface area contributed by atoms with Crippen molar-refractivity contribution in [3.05, 3.63) is 0 Å². The van der Waals surface area contributed by atoms with Crippen LogP contribution in [-0.4, -0.2) is 54.0 Å². The van der Waals surface area contributed by atoms with E-state index in [9.17, 15) is 4.79 Å². The highest BCUT2D eigenvalue weighted by Crippen LogP contribution is 2.32. The number of amides is 1. The first-order valence-corrected chi connectivity index (χ1v) is 8.65. The third-order valence-corrected chi connectivity index (χ3v) is 5.25. The second-order valence-electron chi connectivity index (χ2n) is 7.79. The van der Waals surface area contributed by atoms with Crippen LogP contribution in [0.15, 0.2) is 0 Å². The number of rotatable bonds is 3. The Bertz CT molecular complexity index is 340. The zero-order chi connectivity index (χ0) is 15.5. The fourth-order valence-electron chi connectivity index (χ4n) is 3.87. The Hall–Kier alpha value is -0.610. The van der Waals surface area contributed by atoms with Crippen LogP contribution in [0.4, 0.5) is 0 Å². The summed E-state index contributed by atoms with van der Waals surface area (Å²) in [6.07, 6.45) is 5.69. The molecule has 122 valence electrons. The van der Waals surface area contributed by atoms with Gasteiger partial charge in [0.2, 0.25) is 5.91 Å². The van der Waals surface area contributed by atoms with Crippen LogP contribution in [0.1, 0.15) is 52.9 Å².